The van der Waals surface area contributed by atoms with Crippen molar-refractivity contribution in [2.24, 2.45) is 11.8 Å². The maximum absolute atomic E-state index is 3.88. The van der Waals surface area contributed by atoms with Crippen molar-refractivity contribution in [1.29, 1.82) is 0 Å². The van der Waals surface area contributed by atoms with Crippen LogP contribution in [0.1, 0.15) is 62.3 Å². The van der Waals surface area contributed by atoms with Gasteiger partial charge in [0.25, 0.3) is 0 Å². The molecule has 0 N–H and O–H groups in total. The van der Waals surface area contributed by atoms with Crippen molar-refractivity contribution >= 4 is 15.9 Å². The van der Waals surface area contributed by atoms with Gasteiger partial charge in [-0.25, -0.2) is 0 Å². The molecule has 0 saturated heterocycles. The number of halogens is 1. The molecular weight excluding hydrogens is 284 g/mol. The van der Waals surface area contributed by atoms with Gasteiger partial charge in [-0.1, -0.05) is 91.7 Å². The molecule has 18 heavy (non-hydrogen) atoms. The minimum atomic E-state index is 0.516. The van der Waals surface area contributed by atoms with Gasteiger partial charge in [0, 0.05) is 4.83 Å². The van der Waals surface area contributed by atoms with Crippen LogP contribution in [0.4, 0.5) is 0 Å². The fourth-order valence-corrected chi connectivity index (χ4v) is 3.66. The summed E-state index contributed by atoms with van der Waals surface area (Å²) in [7, 11) is 0. The third kappa shape index (κ3) is 4.12. The highest BCUT2D eigenvalue weighted by Crippen LogP contribution is 2.36. The summed E-state index contributed by atoms with van der Waals surface area (Å²) in [6.45, 7) is 2.38. The molecule has 1 aliphatic rings. The second-order valence-corrected chi connectivity index (χ2v) is 6.86. The third-order valence-corrected chi connectivity index (χ3v) is 5.80. The standard InChI is InChI=1S/C17H25Br/c1-14(12-13-15-8-4-2-5-9-15)17(18)16-10-6-3-7-11-16/h3,6-7,10-11,14-15,17H,2,4-5,8-9,12-13H2,1H3. The topological polar surface area (TPSA) is 0 Å². The average molecular weight is 309 g/mol. The molecule has 1 aromatic rings. The fraction of sp³-hybridized carbons (Fsp3) is 0.647. The zero-order chi connectivity index (χ0) is 12.8. The van der Waals surface area contributed by atoms with Crippen molar-refractivity contribution in [3.63, 3.8) is 0 Å². The van der Waals surface area contributed by atoms with Crippen LogP contribution in [0.25, 0.3) is 0 Å². The summed E-state index contributed by atoms with van der Waals surface area (Å²) in [5.74, 6) is 1.74. The van der Waals surface area contributed by atoms with Crippen LogP contribution in [-0.4, -0.2) is 0 Å². The van der Waals surface area contributed by atoms with Crippen LogP contribution in [0.15, 0.2) is 30.3 Å². The van der Waals surface area contributed by atoms with Crippen molar-refractivity contribution in [2.45, 2.75) is 56.7 Å². The van der Waals surface area contributed by atoms with Gasteiger partial charge < -0.3 is 0 Å². The predicted octanol–water partition coefficient (Wildman–Crippen LogP) is 6.12. The molecule has 2 unspecified atom stereocenters. The summed E-state index contributed by atoms with van der Waals surface area (Å²) in [4.78, 5) is 0.516. The van der Waals surface area contributed by atoms with E-state index in [4.69, 9.17) is 0 Å². The second-order valence-electron chi connectivity index (χ2n) is 5.87. The molecule has 0 spiro atoms. The Morgan fingerprint density at radius 2 is 1.78 bits per heavy atom. The van der Waals surface area contributed by atoms with Crippen LogP contribution in [0.5, 0.6) is 0 Å². The van der Waals surface area contributed by atoms with Crippen LogP contribution < -0.4 is 0 Å². The van der Waals surface area contributed by atoms with Gasteiger partial charge in [0.2, 0.25) is 0 Å². The molecule has 0 nitrogen and oxygen atoms in total. The van der Waals surface area contributed by atoms with Crippen LogP contribution in [0.3, 0.4) is 0 Å². The van der Waals surface area contributed by atoms with Gasteiger partial charge in [0.15, 0.2) is 0 Å². The molecule has 0 heterocycles. The lowest BCUT2D eigenvalue weighted by Gasteiger charge is -2.25. The number of rotatable bonds is 5. The van der Waals surface area contributed by atoms with Crippen molar-refractivity contribution in [2.75, 3.05) is 0 Å². The van der Waals surface area contributed by atoms with E-state index >= 15 is 0 Å². The molecule has 1 fully saturated rings. The van der Waals surface area contributed by atoms with E-state index in [1.54, 1.807) is 0 Å². The van der Waals surface area contributed by atoms with Crippen LogP contribution in [0.2, 0.25) is 0 Å². The normalized spacial score (nSPS) is 20.6. The molecule has 2 rings (SSSR count). The van der Waals surface area contributed by atoms with Gasteiger partial charge in [-0.05, 0) is 23.8 Å². The lowest BCUT2D eigenvalue weighted by atomic mass is 9.83. The van der Waals surface area contributed by atoms with E-state index in [0.29, 0.717) is 4.83 Å². The summed E-state index contributed by atoms with van der Waals surface area (Å²) >= 11 is 3.88. The highest BCUT2D eigenvalue weighted by atomic mass is 79.9. The molecule has 0 amide bonds. The van der Waals surface area contributed by atoms with Gasteiger partial charge >= 0.3 is 0 Å². The lowest BCUT2D eigenvalue weighted by Crippen LogP contribution is -2.10. The van der Waals surface area contributed by atoms with E-state index < -0.39 is 0 Å². The molecule has 1 aromatic carbocycles. The van der Waals surface area contributed by atoms with E-state index in [0.717, 1.165) is 11.8 Å². The molecule has 2 atom stereocenters. The van der Waals surface area contributed by atoms with Gasteiger partial charge in [-0.15, -0.1) is 0 Å². The largest absolute Gasteiger partial charge is 0.0836 e. The Bertz CT molecular complexity index is 327. The van der Waals surface area contributed by atoms with Gasteiger partial charge in [0.1, 0.15) is 0 Å². The van der Waals surface area contributed by atoms with Gasteiger partial charge in [-0.3, -0.25) is 0 Å². The van der Waals surface area contributed by atoms with E-state index in [-0.39, 0.29) is 0 Å². The van der Waals surface area contributed by atoms with Crippen LogP contribution in [-0.2, 0) is 0 Å². The van der Waals surface area contributed by atoms with Crippen molar-refractivity contribution in [3.05, 3.63) is 35.9 Å². The number of benzene rings is 1. The Hall–Kier alpha value is -0.300. The van der Waals surface area contributed by atoms with E-state index in [1.165, 1.54) is 50.5 Å². The molecule has 0 radical (unpaired) electrons. The quantitative estimate of drug-likeness (QED) is 0.575. The average Bonchev–Trinajstić information content (AvgIpc) is 2.46. The maximum atomic E-state index is 3.88. The maximum Gasteiger partial charge on any atom is 0.0420 e. The highest BCUT2D eigenvalue weighted by molar-refractivity contribution is 9.09. The van der Waals surface area contributed by atoms with Gasteiger partial charge in [0.05, 0.1) is 0 Å². The summed E-state index contributed by atoms with van der Waals surface area (Å²) in [5, 5.41) is 0. The van der Waals surface area contributed by atoms with E-state index in [1.807, 2.05) is 0 Å². The Kier molecular flexibility index (Phi) is 5.75. The minimum Gasteiger partial charge on any atom is -0.0836 e. The predicted molar refractivity (Wildman–Crippen MR) is 83.1 cm³/mol. The molecule has 0 bridgehead atoms. The minimum absolute atomic E-state index is 0.516. The third-order valence-electron chi connectivity index (χ3n) is 4.37. The molecule has 0 aliphatic heterocycles. The first-order valence-electron chi connectivity index (χ1n) is 7.46. The fourth-order valence-electron chi connectivity index (χ4n) is 3.09. The Balaban J connectivity index is 1.78. The molecular formula is C17H25Br. The summed E-state index contributed by atoms with van der Waals surface area (Å²) in [6, 6.07) is 10.8. The molecule has 1 heteroatoms. The number of hydrogen-bond acceptors (Lipinski definition) is 0. The van der Waals surface area contributed by atoms with Crippen LogP contribution >= 0.6 is 15.9 Å². The second kappa shape index (κ2) is 7.33. The summed E-state index contributed by atoms with van der Waals surface area (Å²) < 4.78 is 0. The van der Waals surface area contributed by atoms with Crippen molar-refractivity contribution in [3.8, 4) is 0 Å². The Labute approximate surface area is 120 Å². The lowest BCUT2D eigenvalue weighted by molar-refractivity contribution is 0.312. The molecule has 1 saturated carbocycles. The first-order chi connectivity index (χ1) is 8.77. The first kappa shape index (κ1) is 14.1. The smallest absolute Gasteiger partial charge is 0.0420 e. The highest BCUT2D eigenvalue weighted by Gasteiger charge is 2.19. The van der Waals surface area contributed by atoms with E-state index in [9.17, 15) is 0 Å². The summed E-state index contributed by atoms with van der Waals surface area (Å²) in [6.07, 6.45) is 10.1. The SMILES string of the molecule is CC(CCC1CCCCC1)C(Br)c1ccccc1. The molecule has 0 aromatic heterocycles. The first-order valence-corrected chi connectivity index (χ1v) is 8.38. The van der Waals surface area contributed by atoms with Crippen LogP contribution in [0, 0.1) is 11.8 Å². The summed E-state index contributed by atoms with van der Waals surface area (Å²) in [5.41, 5.74) is 1.42. The number of hydrogen-bond donors (Lipinski definition) is 0. The van der Waals surface area contributed by atoms with Gasteiger partial charge in [-0.2, -0.15) is 0 Å². The van der Waals surface area contributed by atoms with Crippen molar-refractivity contribution in [1.82, 2.24) is 0 Å². The monoisotopic (exact) mass is 308 g/mol. The zero-order valence-electron chi connectivity index (χ0n) is 11.4. The Morgan fingerprint density at radius 1 is 1.11 bits per heavy atom. The van der Waals surface area contributed by atoms with Crippen molar-refractivity contribution < 1.29 is 0 Å². The Morgan fingerprint density at radius 3 is 2.44 bits per heavy atom. The molecule has 1 aliphatic carbocycles. The number of alkyl halides is 1. The zero-order valence-corrected chi connectivity index (χ0v) is 13.0. The van der Waals surface area contributed by atoms with E-state index in [2.05, 4.69) is 53.2 Å². The molecule has 100 valence electrons.